The molecule has 23 heavy (non-hydrogen) atoms. The van der Waals surface area contributed by atoms with Crippen molar-refractivity contribution in [3.05, 3.63) is 51.4 Å². The number of aliphatic carboxylic acids is 1. The van der Waals surface area contributed by atoms with Crippen molar-refractivity contribution in [1.82, 2.24) is 15.3 Å². The van der Waals surface area contributed by atoms with Gasteiger partial charge in [-0.2, -0.15) is 0 Å². The molecule has 3 N–H and O–H groups in total. The summed E-state index contributed by atoms with van der Waals surface area (Å²) in [7, 11) is 0. The maximum absolute atomic E-state index is 12.0. The van der Waals surface area contributed by atoms with Gasteiger partial charge in [-0.25, -0.2) is 4.98 Å². The van der Waals surface area contributed by atoms with Gasteiger partial charge in [-0.3, -0.25) is 14.4 Å². The molecular weight excluding hydrogens is 322 g/mol. The standard InChI is InChI=1S/C15H14ClN3O4/c16-10-5-3-9(4-6-10)13-18-8-11(15(23)19-13)14(22)17-7-1-2-12(20)21/h3-6,8H,1-2,7H2,(H,17,22)(H,20,21)(H,18,19,23). The first kappa shape index (κ1) is 16.7. The molecule has 0 aliphatic rings. The minimum atomic E-state index is -0.939. The Morgan fingerprint density at radius 2 is 1.96 bits per heavy atom. The number of hydrogen-bond donors (Lipinski definition) is 3. The van der Waals surface area contributed by atoms with Crippen LogP contribution in [0.2, 0.25) is 5.02 Å². The first-order valence-electron chi connectivity index (χ1n) is 6.82. The number of nitrogens with one attached hydrogen (secondary N) is 2. The molecule has 1 amide bonds. The highest BCUT2D eigenvalue weighted by Crippen LogP contribution is 2.16. The van der Waals surface area contributed by atoms with Gasteiger partial charge >= 0.3 is 5.97 Å². The number of nitrogens with zero attached hydrogens (tertiary/aromatic N) is 1. The van der Waals surface area contributed by atoms with E-state index >= 15 is 0 Å². The summed E-state index contributed by atoms with van der Waals surface area (Å²) in [6.07, 6.45) is 1.43. The van der Waals surface area contributed by atoms with Crippen molar-refractivity contribution in [1.29, 1.82) is 0 Å². The van der Waals surface area contributed by atoms with Crippen LogP contribution in [0.25, 0.3) is 11.4 Å². The number of benzene rings is 1. The van der Waals surface area contributed by atoms with E-state index in [0.29, 0.717) is 16.4 Å². The van der Waals surface area contributed by atoms with E-state index in [2.05, 4.69) is 15.3 Å². The summed E-state index contributed by atoms with van der Waals surface area (Å²) >= 11 is 5.80. The van der Waals surface area contributed by atoms with E-state index in [4.69, 9.17) is 16.7 Å². The zero-order chi connectivity index (χ0) is 16.8. The smallest absolute Gasteiger partial charge is 0.303 e. The van der Waals surface area contributed by atoms with Gasteiger partial charge in [-0.1, -0.05) is 11.6 Å². The number of amides is 1. The molecule has 1 aromatic carbocycles. The first-order chi connectivity index (χ1) is 11.0. The molecular formula is C15H14ClN3O4. The second-order valence-electron chi connectivity index (χ2n) is 4.73. The third-order valence-corrected chi connectivity index (χ3v) is 3.27. The molecule has 7 nitrogen and oxygen atoms in total. The summed E-state index contributed by atoms with van der Waals surface area (Å²) in [4.78, 5) is 40.8. The van der Waals surface area contributed by atoms with Crippen molar-refractivity contribution in [2.75, 3.05) is 6.54 Å². The lowest BCUT2D eigenvalue weighted by molar-refractivity contribution is -0.137. The highest BCUT2D eigenvalue weighted by atomic mass is 35.5. The predicted octanol–water partition coefficient (Wildman–Crippen LogP) is 1.68. The molecule has 120 valence electrons. The second-order valence-corrected chi connectivity index (χ2v) is 5.17. The Morgan fingerprint density at radius 3 is 2.57 bits per heavy atom. The van der Waals surface area contributed by atoms with Crippen molar-refractivity contribution >= 4 is 23.5 Å². The highest BCUT2D eigenvalue weighted by Gasteiger charge is 2.12. The lowest BCUT2D eigenvalue weighted by atomic mass is 10.2. The number of hydrogen-bond acceptors (Lipinski definition) is 4. The first-order valence-corrected chi connectivity index (χ1v) is 7.20. The summed E-state index contributed by atoms with van der Waals surface area (Å²) in [6, 6.07) is 6.73. The maximum atomic E-state index is 12.0. The summed E-state index contributed by atoms with van der Waals surface area (Å²) in [6.45, 7) is 0.170. The number of rotatable bonds is 6. The average Bonchev–Trinajstić information content (AvgIpc) is 2.51. The summed E-state index contributed by atoms with van der Waals surface area (Å²) < 4.78 is 0. The molecule has 8 heteroatoms. The number of carboxylic acids is 1. The van der Waals surface area contributed by atoms with E-state index in [1.807, 2.05) is 0 Å². The fourth-order valence-corrected chi connectivity index (χ4v) is 1.97. The molecule has 0 aliphatic heterocycles. The average molecular weight is 336 g/mol. The minimum absolute atomic E-state index is 0.0512. The number of halogens is 1. The molecule has 0 atom stereocenters. The van der Waals surface area contributed by atoms with Gasteiger partial charge in [0.2, 0.25) is 0 Å². The molecule has 1 heterocycles. The molecule has 0 radical (unpaired) electrons. The number of carboxylic acid groups (broad SMARTS) is 1. The number of H-pyrrole nitrogens is 1. The van der Waals surface area contributed by atoms with Crippen LogP contribution in [0.5, 0.6) is 0 Å². The van der Waals surface area contributed by atoms with Crippen LogP contribution in [-0.4, -0.2) is 33.5 Å². The van der Waals surface area contributed by atoms with Crippen molar-refractivity contribution in [3.63, 3.8) is 0 Å². The number of carbonyl (C=O) groups is 2. The summed E-state index contributed by atoms with van der Waals surface area (Å²) in [5.41, 5.74) is -0.0290. The molecule has 0 aliphatic carbocycles. The largest absolute Gasteiger partial charge is 0.481 e. The number of aromatic nitrogens is 2. The van der Waals surface area contributed by atoms with Crippen LogP contribution in [0.4, 0.5) is 0 Å². The molecule has 0 saturated heterocycles. The van der Waals surface area contributed by atoms with Gasteiger partial charge in [0.05, 0.1) is 0 Å². The molecule has 0 bridgehead atoms. The van der Waals surface area contributed by atoms with Gasteiger partial charge in [0.1, 0.15) is 11.4 Å². The SMILES string of the molecule is O=C(O)CCCNC(=O)c1cnc(-c2ccc(Cl)cc2)[nH]c1=O. The second kappa shape index (κ2) is 7.55. The molecule has 0 fully saturated rings. The Labute approximate surface area is 136 Å². The van der Waals surface area contributed by atoms with Crippen LogP contribution in [0, 0.1) is 0 Å². The molecule has 0 spiro atoms. The van der Waals surface area contributed by atoms with E-state index in [9.17, 15) is 14.4 Å². The third-order valence-electron chi connectivity index (χ3n) is 3.01. The van der Waals surface area contributed by atoms with Gasteiger partial charge in [0.25, 0.3) is 11.5 Å². The van der Waals surface area contributed by atoms with E-state index in [0.717, 1.165) is 0 Å². The Kier molecular flexibility index (Phi) is 5.48. The van der Waals surface area contributed by atoms with Gasteiger partial charge in [-0.05, 0) is 30.7 Å². The fraction of sp³-hybridized carbons (Fsp3) is 0.200. The third kappa shape index (κ3) is 4.65. The predicted molar refractivity (Wildman–Crippen MR) is 84.5 cm³/mol. The van der Waals surface area contributed by atoms with E-state index in [-0.39, 0.29) is 24.9 Å². The van der Waals surface area contributed by atoms with Crippen LogP contribution in [0.3, 0.4) is 0 Å². The van der Waals surface area contributed by atoms with E-state index < -0.39 is 17.4 Å². The van der Waals surface area contributed by atoms with Crippen molar-refractivity contribution < 1.29 is 14.7 Å². The van der Waals surface area contributed by atoms with Gasteiger partial charge in [0, 0.05) is 29.7 Å². The normalized spacial score (nSPS) is 10.3. The van der Waals surface area contributed by atoms with Crippen molar-refractivity contribution in [2.24, 2.45) is 0 Å². The Bertz CT molecular complexity index is 771. The van der Waals surface area contributed by atoms with E-state index in [1.54, 1.807) is 24.3 Å². The molecule has 2 aromatic rings. The van der Waals surface area contributed by atoms with Crippen LogP contribution in [0.1, 0.15) is 23.2 Å². The number of aromatic amines is 1. The lowest BCUT2D eigenvalue weighted by Gasteiger charge is -2.05. The fourth-order valence-electron chi connectivity index (χ4n) is 1.85. The van der Waals surface area contributed by atoms with Gasteiger partial charge in [0.15, 0.2) is 0 Å². The van der Waals surface area contributed by atoms with Crippen LogP contribution in [-0.2, 0) is 4.79 Å². The topological polar surface area (TPSA) is 112 Å². The Hall–Kier alpha value is -2.67. The quantitative estimate of drug-likeness (QED) is 0.695. The highest BCUT2D eigenvalue weighted by molar-refractivity contribution is 6.30. The van der Waals surface area contributed by atoms with Crippen LogP contribution >= 0.6 is 11.6 Å². The maximum Gasteiger partial charge on any atom is 0.303 e. The Morgan fingerprint density at radius 1 is 1.26 bits per heavy atom. The summed E-state index contributed by atoms with van der Waals surface area (Å²) in [5.74, 6) is -1.20. The van der Waals surface area contributed by atoms with Crippen LogP contribution < -0.4 is 10.9 Å². The minimum Gasteiger partial charge on any atom is -0.481 e. The molecule has 1 aromatic heterocycles. The number of carbonyl (C=O) groups excluding carboxylic acids is 1. The van der Waals surface area contributed by atoms with Gasteiger partial charge in [-0.15, -0.1) is 0 Å². The van der Waals surface area contributed by atoms with Crippen molar-refractivity contribution in [3.8, 4) is 11.4 Å². The van der Waals surface area contributed by atoms with Crippen LogP contribution in [0.15, 0.2) is 35.3 Å². The van der Waals surface area contributed by atoms with Crippen molar-refractivity contribution in [2.45, 2.75) is 12.8 Å². The zero-order valence-corrected chi connectivity index (χ0v) is 12.8. The van der Waals surface area contributed by atoms with E-state index in [1.165, 1.54) is 6.20 Å². The lowest BCUT2D eigenvalue weighted by Crippen LogP contribution is -2.31. The van der Waals surface area contributed by atoms with Gasteiger partial charge < -0.3 is 15.4 Å². The summed E-state index contributed by atoms with van der Waals surface area (Å²) in [5, 5.41) is 11.6. The zero-order valence-electron chi connectivity index (χ0n) is 12.0. The monoisotopic (exact) mass is 335 g/mol. The Balaban J connectivity index is 2.07. The molecule has 0 saturated carbocycles. The molecule has 0 unspecified atom stereocenters. The molecule has 2 rings (SSSR count).